The summed E-state index contributed by atoms with van der Waals surface area (Å²) in [6.45, 7) is 2.95. The van der Waals surface area contributed by atoms with Gasteiger partial charge in [-0.05, 0) is 54.8 Å². The molecule has 3 amide bonds. The molecule has 0 aromatic heterocycles. The maximum absolute atomic E-state index is 13.4. The lowest BCUT2D eigenvalue weighted by Gasteiger charge is -2.28. The van der Waals surface area contributed by atoms with E-state index in [1.807, 2.05) is 43.3 Å². The van der Waals surface area contributed by atoms with Crippen LogP contribution in [0.2, 0.25) is 0 Å². The van der Waals surface area contributed by atoms with Gasteiger partial charge >= 0.3 is 0 Å². The zero-order valence-corrected chi connectivity index (χ0v) is 19.2. The summed E-state index contributed by atoms with van der Waals surface area (Å²) >= 11 is 0. The van der Waals surface area contributed by atoms with Gasteiger partial charge in [0.15, 0.2) is 0 Å². The van der Waals surface area contributed by atoms with Gasteiger partial charge in [-0.3, -0.25) is 14.4 Å². The summed E-state index contributed by atoms with van der Waals surface area (Å²) in [4.78, 5) is 42.5. The zero-order chi connectivity index (χ0) is 23.9. The third-order valence-corrected chi connectivity index (χ3v) is 5.83. The molecule has 0 saturated carbocycles. The van der Waals surface area contributed by atoms with Crippen LogP contribution in [0.3, 0.4) is 0 Å². The van der Waals surface area contributed by atoms with Gasteiger partial charge in [-0.15, -0.1) is 0 Å². The molecule has 6 nitrogen and oxygen atoms in total. The van der Waals surface area contributed by atoms with Crippen molar-refractivity contribution in [3.63, 3.8) is 0 Å². The second kappa shape index (κ2) is 10.8. The van der Waals surface area contributed by atoms with Crippen molar-refractivity contribution in [3.05, 3.63) is 96.1 Å². The van der Waals surface area contributed by atoms with Crippen LogP contribution in [0.1, 0.15) is 35.7 Å². The second-order valence-electron chi connectivity index (χ2n) is 8.23. The van der Waals surface area contributed by atoms with Crippen LogP contribution in [0.4, 0.5) is 5.69 Å². The zero-order valence-electron chi connectivity index (χ0n) is 19.2. The van der Waals surface area contributed by atoms with Gasteiger partial charge in [0.2, 0.25) is 5.91 Å². The van der Waals surface area contributed by atoms with E-state index in [4.69, 9.17) is 4.74 Å². The Labute approximate surface area is 199 Å². The number of amides is 3. The van der Waals surface area contributed by atoms with Gasteiger partial charge < -0.3 is 9.64 Å². The number of carbonyl (C=O) groups excluding carboxylic acids is 3. The van der Waals surface area contributed by atoms with Crippen LogP contribution in [-0.4, -0.2) is 41.8 Å². The minimum Gasteiger partial charge on any atom is -0.494 e. The van der Waals surface area contributed by atoms with Gasteiger partial charge in [-0.1, -0.05) is 55.5 Å². The monoisotopic (exact) mass is 456 g/mol. The Hall–Kier alpha value is -3.93. The second-order valence-corrected chi connectivity index (χ2v) is 8.23. The lowest BCUT2D eigenvalue weighted by Crippen LogP contribution is -2.46. The van der Waals surface area contributed by atoms with Crippen LogP contribution in [0, 0.1) is 0 Å². The molecule has 1 aliphatic rings. The minimum atomic E-state index is -0.847. The number of ether oxygens (including phenoxy) is 1. The highest BCUT2D eigenvalue weighted by atomic mass is 16.5. The SMILES string of the molecule is CCCOc1ccc(N2C(=O)C[C@H](N(CCc3ccccc3)C(=O)c3ccccc3)C2=O)cc1. The van der Waals surface area contributed by atoms with Crippen LogP contribution in [0.25, 0.3) is 0 Å². The number of hydrogen-bond donors (Lipinski definition) is 0. The Morgan fingerprint density at radius 2 is 1.59 bits per heavy atom. The molecule has 3 aromatic rings. The largest absolute Gasteiger partial charge is 0.494 e. The highest BCUT2D eigenvalue weighted by molar-refractivity contribution is 6.23. The van der Waals surface area contributed by atoms with E-state index in [1.165, 1.54) is 4.90 Å². The van der Waals surface area contributed by atoms with Crippen LogP contribution in [0.15, 0.2) is 84.9 Å². The van der Waals surface area contributed by atoms with Gasteiger partial charge in [-0.2, -0.15) is 0 Å². The normalized spacial score (nSPS) is 15.4. The van der Waals surface area contributed by atoms with E-state index >= 15 is 0 Å². The Kier molecular flexibility index (Phi) is 7.38. The van der Waals surface area contributed by atoms with Crippen molar-refractivity contribution in [2.45, 2.75) is 32.2 Å². The third-order valence-electron chi connectivity index (χ3n) is 5.83. The van der Waals surface area contributed by atoms with E-state index in [2.05, 4.69) is 0 Å². The first-order valence-corrected chi connectivity index (χ1v) is 11.6. The highest BCUT2D eigenvalue weighted by Gasteiger charge is 2.44. The molecule has 3 aromatic carbocycles. The van der Waals surface area contributed by atoms with Gasteiger partial charge in [-0.25, -0.2) is 4.90 Å². The van der Waals surface area contributed by atoms with E-state index in [-0.39, 0.29) is 24.1 Å². The summed E-state index contributed by atoms with van der Waals surface area (Å²) in [5, 5.41) is 0. The summed E-state index contributed by atoms with van der Waals surface area (Å²) in [7, 11) is 0. The summed E-state index contributed by atoms with van der Waals surface area (Å²) < 4.78 is 5.60. The molecule has 6 heteroatoms. The molecule has 0 bridgehead atoms. The molecular weight excluding hydrogens is 428 g/mol. The van der Waals surface area contributed by atoms with E-state index in [9.17, 15) is 14.4 Å². The molecule has 0 N–H and O–H groups in total. The minimum absolute atomic E-state index is 0.0414. The lowest BCUT2D eigenvalue weighted by molar-refractivity contribution is -0.122. The smallest absolute Gasteiger partial charge is 0.257 e. The van der Waals surface area contributed by atoms with Crippen LogP contribution >= 0.6 is 0 Å². The fourth-order valence-electron chi connectivity index (χ4n) is 4.08. The van der Waals surface area contributed by atoms with Gasteiger partial charge in [0.1, 0.15) is 11.8 Å². The van der Waals surface area contributed by atoms with E-state index in [0.717, 1.165) is 12.0 Å². The summed E-state index contributed by atoms with van der Waals surface area (Å²) in [6, 6.07) is 24.7. The number of nitrogens with zero attached hydrogens (tertiary/aromatic N) is 2. The molecule has 0 radical (unpaired) electrons. The summed E-state index contributed by atoms with van der Waals surface area (Å²) in [5.41, 5.74) is 2.04. The number of hydrogen-bond acceptors (Lipinski definition) is 4. The van der Waals surface area contributed by atoms with E-state index < -0.39 is 6.04 Å². The number of imide groups is 1. The molecule has 0 unspecified atom stereocenters. The predicted molar refractivity (Wildman–Crippen MR) is 131 cm³/mol. The average molecular weight is 457 g/mol. The Morgan fingerprint density at radius 3 is 2.24 bits per heavy atom. The Bertz CT molecular complexity index is 1130. The first kappa shape index (κ1) is 23.2. The van der Waals surface area contributed by atoms with E-state index in [1.54, 1.807) is 53.4 Å². The number of rotatable bonds is 9. The first-order chi connectivity index (χ1) is 16.6. The van der Waals surface area contributed by atoms with Crippen molar-refractivity contribution in [1.29, 1.82) is 0 Å². The van der Waals surface area contributed by atoms with Crippen molar-refractivity contribution in [1.82, 2.24) is 4.90 Å². The standard InChI is InChI=1S/C28H28N2O4/c1-2-19-34-24-15-13-23(14-16-24)30-26(31)20-25(28(30)33)29(18-17-21-9-5-3-6-10-21)27(32)22-11-7-4-8-12-22/h3-16,25H,2,17-20H2,1H3/t25-/m0/s1. The van der Waals surface area contributed by atoms with Crippen molar-refractivity contribution >= 4 is 23.4 Å². The van der Waals surface area contributed by atoms with Gasteiger partial charge in [0, 0.05) is 12.1 Å². The average Bonchev–Trinajstić information content (AvgIpc) is 3.17. The first-order valence-electron chi connectivity index (χ1n) is 11.6. The molecule has 34 heavy (non-hydrogen) atoms. The highest BCUT2D eigenvalue weighted by Crippen LogP contribution is 2.28. The van der Waals surface area contributed by atoms with Gasteiger partial charge in [0.05, 0.1) is 18.7 Å². The Morgan fingerprint density at radius 1 is 0.941 bits per heavy atom. The van der Waals surface area contributed by atoms with Crippen molar-refractivity contribution in [3.8, 4) is 5.75 Å². The summed E-state index contributed by atoms with van der Waals surface area (Å²) in [5.74, 6) is -0.273. The molecule has 4 rings (SSSR count). The van der Waals surface area contributed by atoms with Crippen molar-refractivity contribution in [2.24, 2.45) is 0 Å². The number of anilines is 1. The van der Waals surface area contributed by atoms with Gasteiger partial charge in [0.25, 0.3) is 11.8 Å². The van der Waals surface area contributed by atoms with Crippen molar-refractivity contribution < 1.29 is 19.1 Å². The molecule has 1 fully saturated rings. The quantitative estimate of drug-likeness (QED) is 0.445. The predicted octanol–water partition coefficient (Wildman–Crippen LogP) is 4.49. The maximum atomic E-state index is 13.4. The molecule has 0 aliphatic carbocycles. The molecule has 0 spiro atoms. The number of benzene rings is 3. The Balaban J connectivity index is 1.57. The molecule has 174 valence electrons. The summed E-state index contributed by atoms with van der Waals surface area (Å²) in [6.07, 6.45) is 1.43. The third kappa shape index (κ3) is 5.17. The van der Waals surface area contributed by atoms with E-state index in [0.29, 0.717) is 36.6 Å². The van der Waals surface area contributed by atoms with Crippen LogP contribution < -0.4 is 9.64 Å². The molecule has 1 saturated heterocycles. The molecule has 1 atom stereocenters. The fraction of sp³-hybridized carbons (Fsp3) is 0.250. The topological polar surface area (TPSA) is 66.9 Å². The molecule has 1 aliphatic heterocycles. The van der Waals surface area contributed by atoms with Crippen LogP contribution in [-0.2, 0) is 16.0 Å². The number of carbonyl (C=O) groups is 3. The lowest BCUT2D eigenvalue weighted by atomic mass is 10.1. The van der Waals surface area contributed by atoms with Crippen molar-refractivity contribution in [2.75, 3.05) is 18.1 Å². The fourth-order valence-corrected chi connectivity index (χ4v) is 4.08. The molecular formula is C28H28N2O4. The van der Waals surface area contributed by atoms with Crippen LogP contribution in [0.5, 0.6) is 5.75 Å². The molecule has 1 heterocycles. The maximum Gasteiger partial charge on any atom is 0.257 e.